The number of aliphatic imine (C=N–C) groups is 1. The van der Waals surface area contributed by atoms with E-state index < -0.39 is 83.6 Å². The second-order valence-corrected chi connectivity index (χ2v) is 19.7. The number of guanidine groups is 1. The third-order valence-corrected chi connectivity index (χ3v) is 13.1. The normalized spacial score (nSPS) is 19.2. The zero-order valence-electron chi connectivity index (χ0n) is 42.2. The number of hydrogen-bond donors (Lipinski definition) is 9. The van der Waals surface area contributed by atoms with Crippen molar-refractivity contribution in [1.29, 1.82) is 0 Å². The number of aromatic nitrogens is 1. The van der Waals surface area contributed by atoms with Gasteiger partial charge in [0.2, 0.25) is 29.5 Å². The third kappa shape index (κ3) is 17.9. The molecule has 0 bridgehead atoms. The first-order chi connectivity index (χ1) is 35.3. The number of carbonyl (C=O) groups is 9. The molecule has 0 unspecified atom stereocenters. The molecule has 6 rings (SSSR count). The topological polar surface area (TPSA) is 355 Å². The van der Waals surface area contributed by atoms with Crippen LogP contribution in [0.4, 0.5) is 0 Å². The van der Waals surface area contributed by atoms with E-state index in [1.165, 1.54) is 18.7 Å². The van der Waals surface area contributed by atoms with E-state index in [4.69, 9.17) is 25.7 Å². The van der Waals surface area contributed by atoms with E-state index in [2.05, 4.69) is 36.6 Å². The van der Waals surface area contributed by atoms with E-state index in [1.54, 1.807) is 25.8 Å². The second kappa shape index (κ2) is 28.8. The Bertz CT molecular complexity index is 2410. The van der Waals surface area contributed by atoms with Gasteiger partial charge in [0, 0.05) is 76.6 Å². The van der Waals surface area contributed by atoms with E-state index in [-0.39, 0.29) is 162 Å². The standard InChI is InChI=1S/C47H66N13O13S.Gd/c1-26(2)16-33(55-42(65)27(3)52-35(61)19-57-13-14-58-23-39(62)72-37(58)21-60-25-41(64)73-38(60)22-59-24-40(63)71-36(59)20-57)44(67)56-34(17-28-18-51-30-9-6-5-8-29(28)30)45(68)53-31(11-15-74-4)43(66)54-32(46(69)70)10-7-12-50-47(48)49;/h5-6,8-9,18,26-27,31-34,51H,7,10-17,19-25H2,1-4H3,(H,52,61)(H,53,68)(H,54,66)(H,55,65)(H,56,67)(H,69,70)(H4,48,49,50);/q-3;/t27-,31-,32-,33-,34-;/m0./s1. The van der Waals surface area contributed by atoms with Crippen molar-refractivity contribution in [3.63, 3.8) is 0 Å². The maximum atomic E-state index is 14.4. The molecule has 11 N–H and O–H groups in total. The molecular weight excluding hydrogens is 1140 g/mol. The van der Waals surface area contributed by atoms with Crippen molar-refractivity contribution in [2.45, 2.75) is 83.1 Å². The minimum Gasteiger partial charge on any atom is -0.617 e. The number of carboxylic acids is 1. The number of para-hydroxylation sites is 1. The zero-order chi connectivity index (χ0) is 53.6. The maximum absolute atomic E-state index is 14.4. The number of carboxylic acid groups (broad SMARTS) is 1. The third-order valence-electron chi connectivity index (χ3n) is 12.4. The molecule has 4 aliphatic heterocycles. The minimum absolute atomic E-state index is 0. The van der Waals surface area contributed by atoms with Gasteiger partial charge in [-0.3, -0.25) is 43.3 Å². The number of aliphatic carboxylic acids is 1. The molecule has 1 aromatic carbocycles. The molecule has 26 nitrogen and oxygen atoms in total. The number of rotatable bonds is 23. The summed E-state index contributed by atoms with van der Waals surface area (Å²) < 4.78 is 16.5. The number of fused-ring (bicyclic) bond motifs is 4. The summed E-state index contributed by atoms with van der Waals surface area (Å²) in [6.07, 6.45) is 4.70. The first-order valence-corrected chi connectivity index (χ1v) is 25.7. The van der Waals surface area contributed by atoms with Crippen LogP contribution in [0.1, 0.15) is 52.0 Å². The van der Waals surface area contributed by atoms with Crippen LogP contribution in [0.3, 0.4) is 0 Å². The summed E-state index contributed by atoms with van der Waals surface area (Å²) in [5.41, 5.74) is 12.2. The number of benzene rings is 1. The number of ether oxygens (including phenoxy) is 3. The van der Waals surface area contributed by atoms with E-state index in [1.807, 2.05) is 44.4 Å². The monoisotopic (exact) mass is 1210 g/mol. The smallest absolute Gasteiger partial charge is 0.326 e. The summed E-state index contributed by atoms with van der Waals surface area (Å²) in [6.45, 7) is 5.02. The molecule has 0 aliphatic carbocycles. The van der Waals surface area contributed by atoms with Gasteiger partial charge < -0.3 is 82.0 Å². The fraction of sp³-hybridized carbons (Fsp3) is 0.553. The predicted octanol–water partition coefficient (Wildman–Crippen LogP) is -2.55. The number of nitrogens with one attached hydrogen (secondary N) is 6. The molecule has 1 aromatic heterocycles. The Hall–Kier alpha value is -5.23. The quantitative estimate of drug-likeness (QED) is 0.0138. The summed E-state index contributed by atoms with van der Waals surface area (Å²) in [5.74, 6) is -6.26. The van der Waals surface area contributed by atoms with Gasteiger partial charge >= 0.3 is 5.97 Å². The van der Waals surface area contributed by atoms with E-state index in [0.29, 0.717) is 17.5 Å². The molecule has 0 saturated carbocycles. The van der Waals surface area contributed by atoms with Crippen molar-refractivity contribution >= 4 is 82.0 Å². The largest absolute Gasteiger partial charge is 0.617 e. The average molecular weight is 1210 g/mol. The van der Waals surface area contributed by atoms with Crippen molar-refractivity contribution in [3.8, 4) is 0 Å². The van der Waals surface area contributed by atoms with E-state index >= 15 is 0 Å². The number of carbonyl (C=O) groups excluding carboxylic acids is 8. The van der Waals surface area contributed by atoms with Crippen LogP contribution in [0.2, 0.25) is 0 Å². The summed E-state index contributed by atoms with van der Waals surface area (Å²) in [6, 6.07) is 1.14. The minimum atomic E-state index is -1.32. The summed E-state index contributed by atoms with van der Waals surface area (Å²) >= 11 is 1.41. The van der Waals surface area contributed by atoms with Gasteiger partial charge in [0.05, 0.1) is 26.2 Å². The molecule has 28 heteroatoms. The molecule has 5 atom stereocenters. The number of nitrogens with zero attached hydrogens (tertiary/aromatic N) is 5. The van der Waals surface area contributed by atoms with Gasteiger partial charge in [0.25, 0.3) is 17.9 Å². The van der Waals surface area contributed by atoms with Crippen LogP contribution in [0, 0.1) is 64.5 Å². The zero-order valence-corrected chi connectivity index (χ0v) is 45.2. The molecule has 5 amide bonds. The van der Waals surface area contributed by atoms with Crippen LogP contribution in [0.25, 0.3) is 10.9 Å². The van der Waals surface area contributed by atoms with E-state index in [0.717, 1.165) is 10.9 Å². The SMILES string of the molecule is CSCC[C@H](NC(=O)[C@H](Cc1c[nH]c2ccccc12)NC(=O)[C@H](CC(C)C)NC(=O)[C@H](C)NC(=O)CN1CCN2CC(=O)O[C-]2CN2CC(=O)O[C-]2CN2CC(=O)O[C-]2C1)C(=O)N[C@@H](CCCN=C(N)N)C(=O)O.[Gd]. The second-order valence-electron chi connectivity index (χ2n) is 18.7. The van der Waals surface area contributed by atoms with Crippen molar-refractivity contribution in [1.82, 2.24) is 51.2 Å². The van der Waals surface area contributed by atoms with Gasteiger partial charge in [-0.1, -0.05) is 57.3 Å². The number of H-pyrrole nitrogens is 1. The summed E-state index contributed by atoms with van der Waals surface area (Å²) in [4.78, 5) is 133. The number of thioether (sulfide) groups is 1. The molecule has 2 aromatic rings. The Morgan fingerprint density at radius 2 is 1.31 bits per heavy atom. The van der Waals surface area contributed by atoms with Gasteiger partial charge in [0.15, 0.2) is 5.96 Å². The number of amides is 5. The van der Waals surface area contributed by atoms with Gasteiger partial charge in [0.1, 0.15) is 30.2 Å². The average Bonchev–Trinajstić information content (AvgIpc) is 4.10. The van der Waals surface area contributed by atoms with Crippen molar-refractivity contribution in [2.24, 2.45) is 22.4 Å². The van der Waals surface area contributed by atoms with Gasteiger partial charge in [-0.15, -0.1) is 13.1 Å². The molecule has 0 spiro atoms. The van der Waals surface area contributed by atoms with Crippen LogP contribution >= 0.6 is 11.8 Å². The molecule has 4 fully saturated rings. The van der Waals surface area contributed by atoms with Crippen molar-refractivity contribution in [3.05, 3.63) is 54.7 Å². The first-order valence-electron chi connectivity index (χ1n) is 24.3. The number of aromatic amines is 1. The van der Waals surface area contributed by atoms with Gasteiger partial charge in [-0.2, -0.15) is 11.8 Å². The molecular formula is C47H66GdN13O13S-3. The van der Waals surface area contributed by atoms with Crippen LogP contribution in [-0.2, 0) is 63.8 Å². The number of esters is 3. The first kappa shape index (κ1) is 60.6. The van der Waals surface area contributed by atoms with E-state index in [9.17, 15) is 48.3 Å². The molecule has 5 heterocycles. The fourth-order valence-corrected chi connectivity index (χ4v) is 9.14. The predicted molar refractivity (Wildman–Crippen MR) is 266 cm³/mol. The van der Waals surface area contributed by atoms with Crippen molar-refractivity contribution < 1.29 is 102 Å². The number of hydrogen-bond acceptors (Lipinski definition) is 18. The van der Waals surface area contributed by atoms with Crippen LogP contribution in [0.15, 0.2) is 35.5 Å². The molecule has 414 valence electrons. The number of nitrogens with two attached hydrogens (primary N) is 2. The molecule has 4 saturated heterocycles. The summed E-state index contributed by atoms with van der Waals surface area (Å²) in [7, 11) is 0. The summed E-state index contributed by atoms with van der Waals surface area (Å²) in [5, 5.41) is 24.2. The maximum Gasteiger partial charge on any atom is 0.326 e. The van der Waals surface area contributed by atoms with Crippen LogP contribution < -0.4 is 38.1 Å². The Kier molecular flexibility index (Phi) is 23.3. The van der Waals surface area contributed by atoms with Crippen molar-refractivity contribution in [2.75, 3.05) is 77.5 Å². The molecule has 0 radical (unpaired) electrons. The van der Waals surface area contributed by atoms with Crippen LogP contribution in [0.5, 0.6) is 0 Å². The Morgan fingerprint density at radius 1 is 0.747 bits per heavy atom. The Balaban J connectivity index is 0.0000104. The Morgan fingerprint density at radius 3 is 1.93 bits per heavy atom. The Labute approximate surface area is 470 Å². The fourth-order valence-electron chi connectivity index (χ4n) is 8.67. The molecule has 4 aliphatic rings. The van der Waals surface area contributed by atoms with Gasteiger partial charge in [-0.25, -0.2) is 4.79 Å². The van der Waals surface area contributed by atoms with Crippen LogP contribution in [-0.4, -0.2) is 197 Å². The molecule has 75 heavy (non-hydrogen) atoms. The van der Waals surface area contributed by atoms with Gasteiger partial charge in [-0.05, 0) is 68.7 Å².